The smallest absolute Gasteiger partial charge is 0.133 e. The van der Waals surface area contributed by atoms with Crippen LogP contribution < -0.4 is 0 Å². The van der Waals surface area contributed by atoms with E-state index in [4.69, 9.17) is 4.89 Å². The zero-order chi connectivity index (χ0) is 15.5. The molecule has 20 heavy (non-hydrogen) atoms. The van der Waals surface area contributed by atoms with E-state index < -0.39 is 8.25 Å². The van der Waals surface area contributed by atoms with Crippen LogP contribution in [0.25, 0.3) is 0 Å². The molecular weight excluding hydrogens is 271 g/mol. The van der Waals surface area contributed by atoms with Gasteiger partial charge in [0.1, 0.15) is 0 Å². The number of rotatable bonds is 13. The van der Waals surface area contributed by atoms with Crippen molar-refractivity contribution in [1.29, 1.82) is 0 Å². The van der Waals surface area contributed by atoms with E-state index in [-0.39, 0.29) is 0 Å². The second-order valence-electron chi connectivity index (χ2n) is 5.31. The van der Waals surface area contributed by atoms with E-state index in [0.717, 1.165) is 0 Å². The molecule has 122 valence electrons. The van der Waals surface area contributed by atoms with Gasteiger partial charge in [-0.2, -0.15) is 0 Å². The van der Waals surface area contributed by atoms with E-state index in [2.05, 4.69) is 18.4 Å². The SMILES string of the molecule is CCCCCCCCCCCCCCC.CO[P+](=O)O. The molecule has 0 rings (SSSR count). The van der Waals surface area contributed by atoms with E-state index in [1.54, 1.807) is 0 Å². The molecule has 0 bridgehead atoms. The van der Waals surface area contributed by atoms with Crippen LogP contribution in [0.4, 0.5) is 0 Å². The van der Waals surface area contributed by atoms with Crippen molar-refractivity contribution < 1.29 is 14.0 Å². The number of hydrogen-bond acceptors (Lipinski definition) is 2. The summed E-state index contributed by atoms with van der Waals surface area (Å²) in [5, 5.41) is 0. The van der Waals surface area contributed by atoms with Gasteiger partial charge in [0.25, 0.3) is 0 Å². The van der Waals surface area contributed by atoms with Crippen molar-refractivity contribution in [3.05, 3.63) is 0 Å². The molecule has 0 amide bonds. The summed E-state index contributed by atoms with van der Waals surface area (Å²) in [4.78, 5) is 7.65. The Labute approximate surface area is 127 Å². The first-order valence-electron chi connectivity index (χ1n) is 8.39. The maximum absolute atomic E-state index is 9.29. The van der Waals surface area contributed by atoms with E-state index in [0.29, 0.717) is 0 Å². The quantitative estimate of drug-likeness (QED) is 0.317. The van der Waals surface area contributed by atoms with Crippen LogP contribution in [0.1, 0.15) is 97.3 Å². The zero-order valence-corrected chi connectivity index (χ0v) is 14.8. The molecule has 0 saturated carbocycles. The molecule has 1 N–H and O–H groups in total. The number of unbranched alkanes of at least 4 members (excludes halogenated alkanes) is 12. The van der Waals surface area contributed by atoms with Crippen LogP contribution >= 0.6 is 8.25 Å². The second kappa shape index (κ2) is 21.3. The van der Waals surface area contributed by atoms with Gasteiger partial charge in [-0.25, -0.2) is 0 Å². The Bertz CT molecular complexity index is 175. The van der Waals surface area contributed by atoms with E-state index in [1.807, 2.05) is 0 Å². The number of hydrogen-bond donors (Lipinski definition) is 1. The van der Waals surface area contributed by atoms with Gasteiger partial charge in [0.2, 0.25) is 0 Å². The van der Waals surface area contributed by atoms with Crippen molar-refractivity contribution in [1.82, 2.24) is 0 Å². The van der Waals surface area contributed by atoms with Gasteiger partial charge in [-0.15, -0.1) is 9.42 Å². The molecule has 0 spiro atoms. The van der Waals surface area contributed by atoms with Gasteiger partial charge in [-0.3, -0.25) is 0 Å². The van der Waals surface area contributed by atoms with Crippen molar-refractivity contribution in [3.63, 3.8) is 0 Å². The fraction of sp³-hybridized carbons (Fsp3) is 1.00. The van der Waals surface area contributed by atoms with Crippen LogP contribution in [0, 0.1) is 0 Å². The van der Waals surface area contributed by atoms with Crippen molar-refractivity contribution >= 4 is 8.25 Å². The summed E-state index contributed by atoms with van der Waals surface area (Å²) in [6.45, 7) is 4.58. The highest BCUT2D eigenvalue weighted by atomic mass is 31.1. The largest absolute Gasteiger partial charge is 0.694 e. The summed E-state index contributed by atoms with van der Waals surface area (Å²) in [5.74, 6) is 0. The van der Waals surface area contributed by atoms with Crippen LogP contribution in [0.3, 0.4) is 0 Å². The van der Waals surface area contributed by atoms with Crippen LogP contribution in [-0.4, -0.2) is 12.0 Å². The first kappa shape index (κ1) is 22.3. The fourth-order valence-electron chi connectivity index (χ4n) is 2.09. The third-order valence-electron chi connectivity index (χ3n) is 3.36. The summed E-state index contributed by atoms with van der Waals surface area (Å²) < 4.78 is 13.1. The molecule has 0 saturated heterocycles. The average molecular weight is 307 g/mol. The van der Waals surface area contributed by atoms with Crippen LogP contribution in [0.2, 0.25) is 0 Å². The van der Waals surface area contributed by atoms with Gasteiger partial charge < -0.3 is 0 Å². The zero-order valence-electron chi connectivity index (χ0n) is 13.9. The summed E-state index contributed by atoms with van der Waals surface area (Å²) in [7, 11) is -1.18. The Hall–Kier alpha value is 0.0200. The molecule has 3 nitrogen and oxygen atoms in total. The van der Waals surface area contributed by atoms with E-state index in [1.165, 1.54) is 90.6 Å². The summed E-state index contributed by atoms with van der Waals surface area (Å²) in [6, 6.07) is 0. The highest BCUT2D eigenvalue weighted by molar-refractivity contribution is 7.32. The fourth-order valence-corrected chi connectivity index (χ4v) is 2.09. The van der Waals surface area contributed by atoms with E-state index in [9.17, 15) is 4.57 Å². The van der Waals surface area contributed by atoms with Crippen LogP contribution in [0.5, 0.6) is 0 Å². The first-order valence-corrected chi connectivity index (χ1v) is 9.52. The molecule has 4 heteroatoms. The molecule has 1 atom stereocenters. The first-order chi connectivity index (χ1) is 9.68. The topological polar surface area (TPSA) is 46.5 Å². The maximum Gasteiger partial charge on any atom is 0.694 e. The normalized spacial score (nSPS) is 10.9. The Morgan fingerprint density at radius 3 is 1.05 bits per heavy atom. The summed E-state index contributed by atoms with van der Waals surface area (Å²) in [6.07, 6.45) is 18.9. The minimum absolute atomic E-state index is 1.17. The predicted molar refractivity (Wildman–Crippen MR) is 88.2 cm³/mol. The molecule has 0 aromatic rings. The molecular formula is C16H36O3P+. The Morgan fingerprint density at radius 2 is 0.900 bits per heavy atom. The minimum atomic E-state index is -2.35. The Balaban J connectivity index is 0. The minimum Gasteiger partial charge on any atom is -0.133 e. The Kier molecular flexibility index (Phi) is 23.8. The molecule has 0 aliphatic rings. The third-order valence-corrected chi connectivity index (χ3v) is 3.68. The van der Waals surface area contributed by atoms with Crippen molar-refractivity contribution in [3.8, 4) is 0 Å². The van der Waals surface area contributed by atoms with Gasteiger partial charge >= 0.3 is 8.25 Å². The highest BCUT2D eigenvalue weighted by Crippen LogP contribution is 2.12. The lowest BCUT2D eigenvalue weighted by Gasteiger charge is -2.01. The van der Waals surface area contributed by atoms with Crippen LogP contribution in [-0.2, 0) is 9.09 Å². The molecule has 0 fully saturated rings. The van der Waals surface area contributed by atoms with Gasteiger partial charge in [0.15, 0.2) is 0 Å². The Morgan fingerprint density at radius 1 is 0.700 bits per heavy atom. The molecule has 0 aliphatic carbocycles. The average Bonchev–Trinajstić information content (AvgIpc) is 2.45. The highest BCUT2D eigenvalue weighted by Gasteiger charge is 2.02. The third kappa shape index (κ3) is 26.6. The van der Waals surface area contributed by atoms with E-state index >= 15 is 0 Å². The molecule has 0 aromatic carbocycles. The molecule has 0 aliphatic heterocycles. The van der Waals surface area contributed by atoms with Gasteiger partial charge in [0, 0.05) is 4.57 Å². The lowest BCUT2D eigenvalue weighted by Crippen LogP contribution is -1.82. The molecule has 1 unspecified atom stereocenters. The lowest BCUT2D eigenvalue weighted by molar-refractivity contribution is 0.343. The lowest BCUT2D eigenvalue weighted by atomic mass is 10.1. The molecule has 0 radical (unpaired) electrons. The molecule has 0 heterocycles. The predicted octanol–water partition coefficient (Wildman–Crippen LogP) is 6.38. The molecule has 0 aromatic heterocycles. The summed E-state index contributed by atoms with van der Waals surface area (Å²) >= 11 is 0. The maximum atomic E-state index is 9.29. The van der Waals surface area contributed by atoms with Gasteiger partial charge in [-0.05, 0) is 0 Å². The van der Waals surface area contributed by atoms with Gasteiger partial charge in [0.05, 0.1) is 7.11 Å². The second-order valence-corrected chi connectivity index (χ2v) is 6.15. The van der Waals surface area contributed by atoms with Crippen molar-refractivity contribution in [2.75, 3.05) is 7.11 Å². The van der Waals surface area contributed by atoms with Gasteiger partial charge in [-0.1, -0.05) is 97.3 Å². The van der Waals surface area contributed by atoms with Crippen molar-refractivity contribution in [2.24, 2.45) is 0 Å². The van der Waals surface area contributed by atoms with Crippen molar-refractivity contribution in [2.45, 2.75) is 97.3 Å². The monoisotopic (exact) mass is 307 g/mol. The standard InChI is InChI=1S/C15H32.CH3O3P/c1-3-5-7-9-11-13-15-14-12-10-8-6-4-2;1-4-5(2)3/h3-15H2,1-2H3;1H3/p+1. The summed E-state index contributed by atoms with van der Waals surface area (Å²) in [5.41, 5.74) is 0. The van der Waals surface area contributed by atoms with Crippen LogP contribution in [0.15, 0.2) is 0 Å².